The van der Waals surface area contributed by atoms with Crippen LogP contribution in [0.5, 0.6) is 5.75 Å². The second kappa shape index (κ2) is 4.49. The standard InChI is InChI=1S/C10H13ClN2O2/c1-5(2)12-10(15)7-4-8(14)6(3)13-9(7)11/h4-5,14H,1-3H3,(H,12,15). The molecule has 1 rings (SSSR count). The first-order chi connectivity index (χ1) is 6.91. The second-order valence-corrected chi connectivity index (χ2v) is 3.92. The molecule has 1 aromatic rings. The van der Waals surface area contributed by atoms with Crippen LogP contribution in [0.15, 0.2) is 6.07 Å². The number of rotatable bonds is 2. The Morgan fingerprint density at radius 1 is 1.60 bits per heavy atom. The van der Waals surface area contributed by atoms with Gasteiger partial charge in [0.1, 0.15) is 10.9 Å². The van der Waals surface area contributed by atoms with Crippen molar-refractivity contribution in [2.45, 2.75) is 26.8 Å². The lowest BCUT2D eigenvalue weighted by atomic mass is 10.2. The number of hydrogen-bond donors (Lipinski definition) is 2. The smallest absolute Gasteiger partial charge is 0.254 e. The average Bonchev–Trinajstić information content (AvgIpc) is 2.09. The summed E-state index contributed by atoms with van der Waals surface area (Å²) in [6, 6.07) is 1.33. The molecular weight excluding hydrogens is 216 g/mol. The van der Waals surface area contributed by atoms with Crippen LogP contribution >= 0.6 is 11.6 Å². The SMILES string of the molecule is Cc1nc(Cl)c(C(=O)NC(C)C)cc1O. The molecule has 0 aliphatic rings. The van der Waals surface area contributed by atoms with Gasteiger partial charge in [-0.15, -0.1) is 0 Å². The number of carbonyl (C=O) groups excluding carboxylic acids is 1. The molecule has 82 valence electrons. The first kappa shape index (κ1) is 11.8. The Morgan fingerprint density at radius 3 is 2.73 bits per heavy atom. The lowest BCUT2D eigenvalue weighted by Gasteiger charge is -2.10. The van der Waals surface area contributed by atoms with Crippen molar-refractivity contribution in [3.63, 3.8) is 0 Å². The van der Waals surface area contributed by atoms with E-state index in [1.807, 2.05) is 13.8 Å². The van der Waals surface area contributed by atoms with Crippen LogP contribution in [0.2, 0.25) is 5.15 Å². The molecule has 2 N–H and O–H groups in total. The van der Waals surface area contributed by atoms with Crippen LogP contribution in [-0.2, 0) is 0 Å². The largest absolute Gasteiger partial charge is 0.506 e. The van der Waals surface area contributed by atoms with E-state index in [0.717, 1.165) is 0 Å². The summed E-state index contributed by atoms with van der Waals surface area (Å²) >= 11 is 5.80. The molecular formula is C10H13ClN2O2. The summed E-state index contributed by atoms with van der Waals surface area (Å²) < 4.78 is 0. The van der Waals surface area contributed by atoms with Crippen LogP contribution in [-0.4, -0.2) is 22.0 Å². The van der Waals surface area contributed by atoms with E-state index in [0.29, 0.717) is 5.69 Å². The summed E-state index contributed by atoms with van der Waals surface area (Å²) in [6.45, 7) is 5.30. The van der Waals surface area contributed by atoms with Crippen molar-refractivity contribution in [3.8, 4) is 5.75 Å². The van der Waals surface area contributed by atoms with Crippen LogP contribution in [0, 0.1) is 6.92 Å². The lowest BCUT2D eigenvalue weighted by Crippen LogP contribution is -2.30. The topological polar surface area (TPSA) is 62.2 Å². The molecule has 0 unspecified atom stereocenters. The van der Waals surface area contributed by atoms with E-state index in [9.17, 15) is 9.90 Å². The zero-order valence-corrected chi connectivity index (χ0v) is 9.59. The number of aromatic hydroxyl groups is 1. The van der Waals surface area contributed by atoms with E-state index in [4.69, 9.17) is 11.6 Å². The van der Waals surface area contributed by atoms with E-state index < -0.39 is 0 Å². The van der Waals surface area contributed by atoms with Gasteiger partial charge >= 0.3 is 0 Å². The molecule has 5 heteroatoms. The third kappa shape index (κ3) is 2.83. The molecule has 0 spiro atoms. The monoisotopic (exact) mass is 228 g/mol. The summed E-state index contributed by atoms with van der Waals surface area (Å²) in [4.78, 5) is 15.4. The quantitative estimate of drug-likeness (QED) is 0.760. The van der Waals surface area contributed by atoms with Crippen LogP contribution in [0.1, 0.15) is 29.9 Å². The van der Waals surface area contributed by atoms with Crippen LogP contribution < -0.4 is 5.32 Å². The van der Waals surface area contributed by atoms with Crippen molar-refractivity contribution >= 4 is 17.5 Å². The zero-order chi connectivity index (χ0) is 11.6. The van der Waals surface area contributed by atoms with Crippen molar-refractivity contribution in [1.82, 2.24) is 10.3 Å². The van der Waals surface area contributed by atoms with Gasteiger partial charge < -0.3 is 10.4 Å². The van der Waals surface area contributed by atoms with E-state index in [1.54, 1.807) is 6.92 Å². The number of amides is 1. The minimum atomic E-state index is -0.335. The van der Waals surface area contributed by atoms with Gasteiger partial charge in [-0.2, -0.15) is 0 Å². The van der Waals surface area contributed by atoms with E-state index in [1.165, 1.54) is 6.07 Å². The molecule has 0 saturated heterocycles. The molecule has 1 aromatic heterocycles. The Kier molecular flexibility index (Phi) is 3.52. The van der Waals surface area contributed by atoms with Gasteiger partial charge in [-0.1, -0.05) is 11.6 Å². The summed E-state index contributed by atoms with van der Waals surface area (Å²) in [5.74, 6) is -0.369. The maximum Gasteiger partial charge on any atom is 0.254 e. The summed E-state index contributed by atoms with van der Waals surface area (Å²) in [5.41, 5.74) is 0.592. The molecule has 0 aliphatic heterocycles. The molecule has 0 aliphatic carbocycles. The van der Waals surface area contributed by atoms with Crippen LogP contribution in [0.25, 0.3) is 0 Å². The Labute approximate surface area is 93.3 Å². The normalized spacial score (nSPS) is 10.5. The number of aromatic nitrogens is 1. The lowest BCUT2D eigenvalue weighted by molar-refractivity contribution is 0.0942. The third-order valence-corrected chi connectivity index (χ3v) is 2.09. The maximum atomic E-state index is 11.6. The number of pyridine rings is 1. The zero-order valence-electron chi connectivity index (χ0n) is 8.84. The number of nitrogens with one attached hydrogen (secondary N) is 1. The van der Waals surface area contributed by atoms with Gasteiger partial charge in [0.2, 0.25) is 0 Å². The van der Waals surface area contributed by atoms with Crippen molar-refractivity contribution < 1.29 is 9.90 Å². The van der Waals surface area contributed by atoms with Gasteiger partial charge in [-0.05, 0) is 26.8 Å². The highest BCUT2D eigenvalue weighted by Gasteiger charge is 2.14. The fourth-order valence-corrected chi connectivity index (χ4v) is 1.33. The first-order valence-electron chi connectivity index (χ1n) is 4.58. The average molecular weight is 229 g/mol. The fraction of sp³-hybridized carbons (Fsp3) is 0.400. The molecule has 4 nitrogen and oxygen atoms in total. The molecule has 15 heavy (non-hydrogen) atoms. The molecule has 0 fully saturated rings. The van der Waals surface area contributed by atoms with Crippen LogP contribution in [0.3, 0.4) is 0 Å². The predicted molar refractivity (Wildman–Crippen MR) is 58.3 cm³/mol. The Bertz CT molecular complexity index is 391. The third-order valence-electron chi connectivity index (χ3n) is 1.80. The molecule has 0 atom stereocenters. The van der Waals surface area contributed by atoms with E-state index in [-0.39, 0.29) is 28.4 Å². The van der Waals surface area contributed by atoms with Crippen molar-refractivity contribution in [1.29, 1.82) is 0 Å². The Balaban J connectivity index is 3.04. The van der Waals surface area contributed by atoms with E-state index >= 15 is 0 Å². The van der Waals surface area contributed by atoms with Crippen molar-refractivity contribution in [2.24, 2.45) is 0 Å². The van der Waals surface area contributed by atoms with Gasteiger partial charge in [0.25, 0.3) is 5.91 Å². The minimum Gasteiger partial charge on any atom is -0.506 e. The number of halogens is 1. The molecule has 0 radical (unpaired) electrons. The van der Waals surface area contributed by atoms with Gasteiger partial charge in [0.15, 0.2) is 0 Å². The molecule has 1 amide bonds. The molecule has 1 heterocycles. The van der Waals surface area contributed by atoms with Gasteiger partial charge in [-0.25, -0.2) is 4.98 Å². The Morgan fingerprint density at radius 2 is 2.20 bits per heavy atom. The van der Waals surface area contributed by atoms with Crippen molar-refractivity contribution in [3.05, 3.63) is 22.5 Å². The fourth-order valence-electron chi connectivity index (χ4n) is 1.06. The van der Waals surface area contributed by atoms with Gasteiger partial charge in [0, 0.05) is 6.04 Å². The maximum absolute atomic E-state index is 11.6. The summed E-state index contributed by atoms with van der Waals surface area (Å²) in [7, 11) is 0. The summed E-state index contributed by atoms with van der Waals surface area (Å²) in [5, 5.41) is 12.2. The predicted octanol–water partition coefficient (Wildman–Crippen LogP) is 1.89. The molecule has 0 saturated carbocycles. The van der Waals surface area contributed by atoms with Crippen LogP contribution in [0.4, 0.5) is 0 Å². The number of hydrogen-bond acceptors (Lipinski definition) is 3. The number of aryl methyl sites for hydroxylation is 1. The molecule has 0 bridgehead atoms. The summed E-state index contributed by atoms with van der Waals surface area (Å²) in [6.07, 6.45) is 0. The Hall–Kier alpha value is -1.29. The highest BCUT2D eigenvalue weighted by molar-refractivity contribution is 6.32. The van der Waals surface area contributed by atoms with Crippen molar-refractivity contribution in [2.75, 3.05) is 0 Å². The van der Waals surface area contributed by atoms with Gasteiger partial charge in [-0.3, -0.25) is 4.79 Å². The number of carbonyl (C=O) groups is 1. The number of nitrogens with zero attached hydrogens (tertiary/aromatic N) is 1. The first-order valence-corrected chi connectivity index (χ1v) is 4.96. The highest BCUT2D eigenvalue weighted by atomic mass is 35.5. The van der Waals surface area contributed by atoms with E-state index in [2.05, 4.69) is 10.3 Å². The second-order valence-electron chi connectivity index (χ2n) is 3.56. The highest BCUT2D eigenvalue weighted by Crippen LogP contribution is 2.21. The van der Waals surface area contributed by atoms with Gasteiger partial charge in [0.05, 0.1) is 11.3 Å². The minimum absolute atomic E-state index is 0.0111. The molecule has 0 aromatic carbocycles.